The minimum atomic E-state index is -0.751. The highest BCUT2D eigenvalue weighted by molar-refractivity contribution is 6.15. The smallest absolute Gasteiger partial charge is 0.145 e. The molecule has 1 aromatic heterocycles. The number of benzene rings is 5. The van der Waals surface area contributed by atoms with Crippen LogP contribution in [0.5, 0.6) is 5.75 Å². The first-order valence-corrected chi connectivity index (χ1v) is 18.6. The number of furan rings is 1. The van der Waals surface area contributed by atoms with Crippen molar-refractivity contribution in [3.63, 3.8) is 0 Å². The molecule has 4 nitrogen and oxygen atoms in total. The molecule has 2 heterocycles. The molecule has 4 aliphatic rings. The Morgan fingerprint density at radius 2 is 1.52 bits per heavy atom. The fourth-order valence-electron chi connectivity index (χ4n) is 9.63. The van der Waals surface area contributed by atoms with Crippen LogP contribution in [0.3, 0.4) is 0 Å². The second-order valence-electron chi connectivity index (χ2n) is 14.7. The van der Waals surface area contributed by atoms with E-state index < -0.39 is 5.41 Å². The second-order valence-corrected chi connectivity index (χ2v) is 14.7. The van der Waals surface area contributed by atoms with Gasteiger partial charge < -0.3 is 19.4 Å². The highest BCUT2D eigenvalue weighted by atomic mass is 16.5. The Balaban J connectivity index is 1.40. The topological polar surface area (TPSA) is 37.6 Å². The van der Waals surface area contributed by atoms with Gasteiger partial charge in [0.15, 0.2) is 0 Å². The quantitative estimate of drug-likeness (QED) is 0.176. The summed E-state index contributed by atoms with van der Waals surface area (Å²) in [6.45, 7) is 19.2. The van der Waals surface area contributed by atoms with Crippen molar-refractivity contribution >= 4 is 33.7 Å². The van der Waals surface area contributed by atoms with Gasteiger partial charge in [0.05, 0.1) is 22.4 Å². The van der Waals surface area contributed by atoms with Crippen LogP contribution in [0.4, 0.5) is 5.69 Å². The summed E-state index contributed by atoms with van der Waals surface area (Å²) in [6.07, 6.45) is 10.7. The maximum Gasteiger partial charge on any atom is 0.145 e. The molecule has 0 saturated carbocycles. The summed E-state index contributed by atoms with van der Waals surface area (Å²) in [5, 5.41) is 5.78. The normalized spacial score (nSPS) is 18.5. The molecule has 1 N–H and O–H groups in total. The van der Waals surface area contributed by atoms with Crippen molar-refractivity contribution in [2.24, 2.45) is 0 Å². The third kappa shape index (κ3) is 4.19. The van der Waals surface area contributed by atoms with Crippen LogP contribution >= 0.6 is 0 Å². The monoisotopic (exact) mass is 700 g/mol. The van der Waals surface area contributed by atoms with Gasteiger partial charge in [0.25, 0.3) is 0 Å². The van der Waals surface area contributed by atoms with Gasteiger partial charge in [0.1, 0.15) is 23.0 Å². The summed E-state index contributed by atoms with van der Waals surface area (Å²) in [7, 11) is 0. The summed E-state index contributed by atoms with van der Waals surface area (Å²) >= 11 is 0. The number of para-hydroxylation sites is 2. The number of anilines is 1. The fraction of sp³-hybridized carbons (Fsp3) is 0.120. The first kappa shape index (κ1) is 32.2. The van der Waals surface area contributed by atoms with E-state index in [4.69, 9.17) is 9.15 Å². The Hall–Kier alpha value is -6.52. The zero-order valence-corrected chi connectivity index (χ0v) is 30.7. The van der Waals surface area contributed by atoms with Crippen molar-refractivity contribution in [2.45, 2.75) is 38.2 Å². The molecule has 0 bridgehead atoms. The van der Waals surface area contributed by atoms with E-state index in [1.807, 2.05) is 19.1 Å². The van der Waals surface area contributed by atoms with E-state index in [1.165, 1.54) is 27.8 Å². The van der Waals surface area contributed by atoms with Gasteiger partial charge in [-0.2, -0.15) is 0 Å². The molecule has 262 valence electrons. The standard InChI is InChI=1S/C50H40N2O2/c1-7-30(5)52(31(6)8-2)43-28-41-35(49-47(43)37-20-12-16-24-45(37)54-49)26-25-34-40(50(41)38-21-13-9-17-32(38)33-18-10-14-22-39(33)50)27-42(51-29(3)4)46-36-19-11-15-23-44(36)53-48(34)46/h7-28,47,49,51H,1,3,5H2,2,4,6H3/b31-8+. The van der Waals surface area contributed by atoms with Gasteiger partial charge >= 0.3 is 0 Å². The highest BCUT2D eigenvalue weighted by Gasteiger charge is 2.54. The number of ether oxygens (including phenoxy) is 1. The number of allylic oxidation sites excluding steroid dienone is 6. The predicted molar refractivity (Wildman–Crippen MR) is 222 cm³/mol. The van der Waals surface area contributed by atoms with Gasteiger partial charge in [-0.15, -0.1) is 0 Å². The third-order valence-electron chi connectivity index (χ3n) is 11.8. The van der Waals surface area contributed by atoms with Gasteiger partial charge in [-0.25, -0.2) is 0 Å². The van der Waals surface area contributed by atoms with E-state index in [2.05, 4.69) is 165 Å². The molecule has 5 aromatic carbocycles. The maximum atomic E-state index is 7.13. The minimum absolute atomic E-state index is 0.0896. The lowest BCUT2D eigenvalue weighted by Crippen LogP contribution is -2.38. The average Bonchev–Trinajstić information content (AvgIpc) is 3.84. The molecule has 0 saturated heterocycles. The molecule has 4 heteroatoms. The first-order chi connectivity index (χ1) is 26.4. The van der Waals surface area contributed by atoms with Crippen LogP contribution in [-0.4, -0.2) is 11.0 Å². The van der Waals surface area contributed by atoms with Gasteiger partial charge in [-0.05, 0) is 90.1 Å². The Bertz CT molecular complexity index is 2740. The van der Waals surface area contributed by atoms with Crippen molar-refractivity contribution in [3.8, 4) is 16.9 Å². The van der Waals surface area contributed by atoms with Crippen LogP contribution in [0.1, 0.15) is 54.5 Å². The fourth-order valence-corrected chi connectivity index (χ4v) is 9.63. The molecule has 54 heavy (non-hydrogen) atoms. The molecule has 10 rings (SSSR count). The third-order valence-corrected chi connectivity index (χ3v) is 11.8. The van der Waals surface area contributed by atoms with E-state index in [1.54, 1.807) is 0 Å². The van der Waals surface area contributed by atoms with Crippen LogP contribution in [0.2, 0.25) is 0 Å². The number of nitrogens with one attached hydrogen (secondary N) is 1. The SMILES string of the molecule is C=CC(=C)N(C1=CC2=C(C=Cc3c(cc(NC(=C)C)c4c3oc3ccccc34)C23c2ccccc2-c2ccccc23)C2Oc3ccccc3C12)/C(C)=C/C. The Morgan fingerprint density at radius 3 is 2.24 bits per heavy atom. The molecule has 3 aliphatic carbocycles. The molecule has 2 unspecified atom stereocenters. The van der Waals surface area contributed by atoms with Gasteiger partial charge in [-0.3, -0.25) is 0 Å². The minimum Gasteiger partial charge on any atom is -0.484 e. The van der Waals surface area contributed by atoms with Crippen LogP contribution in [0.15, 0.2) is 186 Å². The summed E-state index contributed by atoms with van der Waals surface area (Å²) < 4.78 is 14.1. The number of rotatable bonds is 6. The van der Waals surface area contributed by atoms with Gasteiger partial charge in [0, 0.05) is 39.3 Å². The molecular formula is C50H40N2O2. The van der Waals surface area contributed by atoms with E-state index >= 15 is 0 Å². The zero-order chi connectivity index (χ0) is 36.9. The van der Waals surface area contributed by atoms with Crippen molar-refractivity contribution in [3.05, 3.63) is 209 Å². The van der Waals surface area contributed by atoms with Gasteiger partial charge in [0.2, 0.25) is 0 Å². The molecule has 1 aliphatic heterocycles. The van der Waals surface area contributed by atoms with Crippen LogP contribution in [-0.2, 0) is 5.41 Å². The number of hydrogen-bond donors (Lipinski definition) is 1. The number of hydrogen-bond acceptors (Lipinski definition) is 4. The summed E-state index contributed by atoms with van der Waals surface area (Å²) in [5.74, 6) is 0.812. The average molecular weight is 701 g/mol. The lowest BCUT2D eigenvalue weighted by molar-refractivity contribution is 0.241. The number of nitrogens with zero attached hydrogens (tertiary/aromatic N) is 1. The number of fused-ring (bicyclic) bond motifs is 16. The summed E-state index contributed by atoms with van der Waals surface area (Å²) in [4.78, 5) is 2.27. The van der Waals surface area contributed by atoms with E-state index in [-0.39, 0.29) is 12.0 Å². The molecule has 0 amide bonds. The van der Waals surface area contributed by atoms with E-state index in [9.17, 15) is 0 Å². The van der Waals surface area contributed by atoms with Crippen molar-refractivity contribution in [1.29, 1.82) is 0 Å². The second kappa shape index (κ2) is 11.7. The summed E-state index contributed by atoms with van der Waals surface area (Å²) in [6, 6.07) is 36.9. The Morgan fingerprint density at radius 1 is 0.833 bits per heavy atom. The largest absolute Gasteiger partial charge is 0.484 e. The summed E-state index contributed by atoms with van der Waals surface area (Å²) in [5.41, 5.74) is 16.3. The predicted octanol–water partition coefficient (Wildman–Crippen LogP) is 12.5. The van der Waals surface area contributed by atoms with Gasteiger partial charge in [-0.1, -0.05) is 123 Å². The lowest BCUT2D eigenvalue weighted by atomic mass is 9.62. The van der Waals surface area contributed by atoms with E-state index in [0.717, 1.165) is 78.4 Å². The Labute approximate surface area is 316 Å². The molecule has 0 radical (unpaired) electrons. The Kier molecular flexibility index (Phi) is 6.99. The van der Waals surface area contributed by atoms with Crippen LogP contribution in [0.25, 0.3) is 39.1 Å². The first-order valence-electron chi connectivity index (χ1n) is 18.6. The van der Waals surface area contributed by atoms with Crippen molar-refractivity contribution in [1.82, 2.24) is 4.90 Å². The molecule has 1 spiro atoms. The van der Waals surface area contributed by atoms with E-state index in [0.29, 0.717) is 0 Å². The molecule has 0 fully saturated rings. The van der Waals surface area contributed by atoms with Crippen molar-refractivity contribution < 1.29 is 9.15 Å². The maximum absolute atomic E-state index is 7.13. The molecule has 6 aromatic rings. The zero-order valence-electron chi connectivity index (χ0n) is 30.7. The van der Waals surface area contributed by atoms with Crippen LogP contribution in [0, 0.1) is 0 Å². The molecule has 2 atom stereocenters. The highest BCUT2D eigenvalue weighted by Crippen LogP contribution is 2.63. The van der Waals surface area contributed by atoms with Crippen LogP contribution < -0.4 is 10.1 Å². The lowest BCUT2D eigenvalue weighted by Gasteiger charge is -2.42. The van der Waals surface area contributed by atoms with Crippen molar-refractivity contribution in [2.75, 3.05) is 5.32 Å². The molecular weight excluding hydrogens is 661 g/mol.